The van der Waals surface area contributed by atoms with Crippen LogP contribution in [0.25, 0.3) is 0 Å². The van der Waals surface area contributed by atoms with Crippen molar-refractivity contribution in [3.05, 3.63) is 42.0 Å². The zero-order valence-electron chi connectivity index (χ0n) is 16.4. The summed E-state index contributed by atoms with van der Waals surface area (Å²) in [4.78, 5) is 0. The van der Waals surface area contributed by atoms with Gasteiger partial charge in [-0.3, -0.25) is 0 Å². The predicted octanol–water partition coefficient (Wildman–Crippen LogP) is 3.80. The van der Waals surface area contributed by atoms with Gasteiger partial charge in [0.25, 0.3) is 0 Å². The smallest absolute Gasteiger partial charge is 0.162 e. The summed E-state index contributed by atoms with van der Waals surface area (Å²) >= 11 is 0. The van der Waals surface area contributed by atoms with Crippen LogP contribution in [0.2, 0.25) is 0 Å². The van der Waals surface area contributed by atoms with E-state index in [1.165, 1.54) is 0 Å². The van der Waals surface area contributed by atoms with E-state index in [9.17, 15) is 5.11 Å². The van der Waals surface area contributed by atoms with E-state index in [4.69, 9.17) is 18.9 Å². The van der Waals surface area contributed by atoms with Crippen molar-refractivity contribution in [3.63, 3.8) is 0 Å². The van der Waals surface area contributed by atoms with Gasteiger partial charge in [0.1, 0.15) is 5.54 Å². The lowest BCUT2D eigenvalue weighted by molar-refractivity contribution is 0.204. The van der Waals surface area contributed by atoms with Gasteiger partial charge in [0.2, 0.25) is 0 Å². The molecule has 0 fully saturated rings. The molecule has 0 saturated carbocycles. The normalized spacial score (nSPS) is 13.3. The Morgan fingerprint density at radius 1 is 0.815 bits per heavy atom. The fourth-order valence-electron chi connectivity index (χ4n) is 2.62. The Balaban J connectivity index is 2.23. The minimum Gasteiger partial charge on any atom is -0.493 e. The van der Waals surface area contributed by atoms with E-state index in [0.29, 0.717) is 35.1 Å². The summed E-state index contributed by atoms with van der Waals surface area (Å²) in [5.74, 6) is 2.47. The second-order valence-corrected chi connectivity index (χ2v) is 6.26. The summed E-state index contributed by atoms with van der Waals surface area (Å²) in [5.41, 5.74) is 0.780. The van der Waals surface area contributed by atoms with E-state index >= 15 is 0 Å². The molecule has 1 atom stereocenters. The van der Waals surface area contributed by atoms with Crippen molar-refractivity contribution in [2.75, 3.05) is 35.0 Å². The first-order valence-electron chi connectivity index (χ1n) is 8.45. The van der Waals surface area contributed by atoms with Crippen LogP contribution in [0.1, 0.15) is 12.5 Å². The highest BCUT2D eigenvalue weighted by atomic mass is 16.5. The summed E-state index contributed by atoms with van der Waals surface area (Å²) < 4.78 is 21.1. The van der Waals surface area contributed by atoms with E-state index in [0.717, 1.165) is 5.56 Å². The van der Waals surface area contributed by atoms with Crippen molar-refractivity contribution >= 4 is 5.69 Å². The van der Waals surface area contributed by atoms with Gasteiger partial charge in [-0.05, 0) is 36.8 Å². The molecule has 0 unspecified atom stereocenters. The van der Waals surface area contributed by atoms with Gasteiger partial charge in [0.15, 0.2) is 23.0 Å². The van der Waals surface area contributed by atoms with Gasteiger partial charge in [-0.15, -0.1) is 0 Å². The van der Waals surface area contributed by atoms with Gasteiger partial charge < -0.3 is 24.1 Å². The molecule has 0 aromatic heterocycles. The first-order chi connectivity index (χ1) is 13.0. The molecule has 0 aliphatic heterocycles. The molecule has 7 heteroatoms. The minimum absolute atomic E-state index is 0.155. The minimum atomic E-state index is -0.785. The highest BCUT2D eigenvalue weighted by molar-refractivity contribution is 5.51. The molecule has 0 radical (unpaired) electrons. The summed E-state index contributed by atoms with van der Waals surface area (Å²) in [7, 11) is 6.31. The largest absolute Gasteiger partial charge is 0.493 e. The molecular formula is C20H26N2O5. The molecule has 0 heterocycles. The molecular weight excluding hydrogens is 348 g/mol. The average molecular weight is 374 g/mol. The number of benzene rings is 2. The molecule has 2 aromatic rings. The van der Waals surface area contributed by atoms with Crippen molar-refractivity contribution in [1.29, 1.82) is 0 Å². The maximum absolute atomic E-state index is 9.88. The molecule has 0 aliphatic carbocycles. The average Bonchev–Trinajstić information content (AvgIpc) is 2.71. The van der Waals surface area contributed by atoms with Crippen LogP contribution >= 0.6 is 0 Å². The quantitative estimate of drug-likeness (QED) is 0.675. The maximum Gasteiger partial charge on any atom is 0.162 e. The Hall–Kier alpha value is -2.80. The number of ether oxygens (including phenoxy) is 4. The SMILES string of the molecule is COc1ccc(C[C@@](C)(CO)N=Nc2ccc(OC)c(OC)c2)cc1OC. The van der Waals surface area contributed by atoms with Crippen LogP contribution in [0.4, 0.5) is 5.69 Å². The van der Waals surface area contributed by atoms with Crippen LogP contribution in [0.5, 0.6) is 23.0 Å². The van der Waals surface area contributed by atoms with Gasteiger partial charge in [-0.1, -0.05) is 6.07 Å². The van der Waals surface area contributed by atoms with E-state index in [1.807, 2.05) is 25.1 Å². The fourth-order valence-corrected chi connectivity index (χ4v) is 2.62. The van der Waals surface area contributed by atoms with Crippen molar-refractivity contribution < 1.29 is 24.1 Å². The number of aliphatic hydroxyl groups is 1. The van der Waals surface area contributed by atoms with Crippen LogP contribution in [0.3, 0.4) is 0 Å². The maximum atomic E-state index is 9.88. The number of methoxy groups -OCH3 is 4. The van der Waals surface area contributed by atoms with Gasteiger partial charge in [-0.25, -0.2) is 0 Å². The molecule has 0 spiro atoms. The second-order valence-electron chi connectivity index (χ2n) is 6.26. The summed E-state index contributed by atoms with van der Waals surface area (Å²) in [5, 5.41) is 18.5. The number of rotatable bonds is 9. The Morgan fingerprint density at radius 2 is 1.37 bits per heavy atom. The lowest BCUT2D eigenvalue weighted by Crippen LogP contribution is -2.29. The van der Waals surface area contributed by atoms with Crippen molar-refractivity contribution in [2.24, 2.45) is 10.2 Å². The Kier molecular flexibility index (Phi) is 7.01. The fraction of sp³-hybridized carbons (Fsp3) is 0.400. The van der Waals surface area contributed by atoms with E-state index in [2.05, 4.69) is 10.2 Å². The van der Waals surface area contributed by atoms with E-state index < -0.39 is 5.54 Å². The molecule has 0 aliphatic rings. The van der Waals surface area contributed by atoms with Crippen molar-refractivity contribution in [2.45, 2.75) is 18.9 Å². The van der Waals surface area contributed by atoms with Gasteiger partial charge in [0.05, 0.1) is 40.7 Å². The molecule has 0 amide bonds. The number of hydrogen-bond donors (Lipinski definition) is 1. The van der Waals surface area contributed by atoms with Crippen LogP contribution < -0.4 is 18.9 Å². The summed E-state index contributed by atoms with van der Waals surface area (Å²) in [6.45, 7) is 1.69. The van der Waals surface area contributed by atoms with Gasteiger partial charge in [-0.2, -0.15) is 10.2 Å². The highest BCUT2D eigenvalue weighted by Crippen LogP contribution is 2.33. The van der Waals surface area contributed by atoms with Crippen LogP contribution in [0, 0.1) is 0 Å². The van der Waals surface area contributed by atoms with Gasteiger partial charge >= 0.3 is 0 Å². The molecule has 146 valence electrons. The second kappa shape index (κ2) is 9.23. The molecule has 2 aromatic carbocycles. The Bertz CT molecular complexity index is 794. The molecule has 7 nitrogen and oxygen atoms in total. The first kappa shape index (κ1) is 20.5. The third kappa shape index (κ3) is 5.10. The highest BCUT2D eigenvalue weighted by Gasteiger charge is 2.24. The Morgan fingerprint density at radius 3 is 1.93 bits per heavy atom. The van der Waals surface area contributed by atoms with E-state index in [1.54, 1.807) is 46.6 Å². The zero-order chi connectivity index (χ0) is 19.9. The summed E-state index contributed by atoms with van der Waals surface area (Å²) in [6.07, 6.45) is 0.487. The predicted molar refractivity (Wildman–Crippen MR) is 103 cm³/mol. The first-order valence-corrected chi connectivity index (χ1v) is 8.45. The van der Waals surface area contributed by atoms with Gasteiger partial charge in [0, 0.05) is 12.5 Å². The number of nitrogens with zero attached hydrogens (tertiary/aromatic N) is 2. The van der Waals surface area contributed by atoms with Crippen LogP contribution in [-0.4, -0.2) is 45.7 Å². The molecule has 27 heavy (non-hydrogen) atoms. The van der Waals surface area contributed by atoms with Crippen molar-refractivity contribution in [3.8, 4) is 23.0 Å². The number of aliphatic hydroxyl groups excluding tert-OH is 1. The Labute approximate surface area is 159 Å². The lowest BCUT2D eigenvalue weighted by Gasteiger charge is -2.21. The van der Waals surface area contributed by atoms with Crippen LogP contribution in [-0.2, 0) is 6.42 Å². The van der Waals surface area contributed by atoms with Crippen LogP contribution in [0.15, 0.2) is 46.6 Å². The number of azo groups is 1. The third-order valence-corrected chi connectivity index (χ3v) is 4.15. The van der Waals surface area contributed by atoms with E-state index in [-0.39, 0.29) is 6.61 Å². The summed E-state index contributed by atoms with van der Waals surface area (Å²) in [6, 6.07) is 10.9. The zero-order valence-corrected chi connectivity index (χ0v) is 16.4. The molecule has 1 N–H and O–H groups in total. The molecule has 0 saturated heterocycles. The molecule has 2 rings (SSSR count). The monoisotopic (exact) mass is 374 g/mol. The van der Waals surface area contributed by atoms with Crippen molar-refractivity contribution in [1.82, 2.24) is 0 Å². The third-order valence-electron chi connectivity index (χ3n) is 4.15. The molecule has 0 bridgehead atoms. The topological polar surface area (TPSA) is 81.9 Å². The standard InChI is InChI=1S/C20H26N2O5/c1-20(13-23,12-14-6-8-16(24-2)18(10-14)26-4)22-21-15-7-9-17(25-3)19(11-15)27-5/h6-11,23H,12-13H2,1-5H3/t20-/m0/s1. The lowest BCUT2D eigenvalue weighted by atomic mass is 9.94. The number of hydrogen-bond acceptors (Lipinski definition) is 7.